The van der Waals surface area contributed by atoms with Gasteiger partial charge < -0.3 is 4.74 Å². The van der Waals surface area contributed by atoms with Crippen LogP contribution in [0.2, 0.25) is 0 Å². The van der Waals surface area contributed by atoms with Crippen LogP contribution in [0, 0.1) is 6.92 Å². The smallest absolute Gasteiger partial charge is 0.218 e. The van der Waals surface area contributed by atoms with Gasteiger partial charge in [0.2, 0.25) is 5.90 Å². The van der Waals surface area contributed by atoms with Gasteiger partial charge in [-0.15, -0.1) is 0 Å². The van der Waals surface area contributed by atoms with E-state index in [0.717, 1.165) is 17.0 Å². The van der Waals surface area contributed by atoms with Gasteiger partial charge in [0.1, 0.15) is 6.61 Å². The van der Waals surface area contributed by atoms with E-state index in [1.54, 1.807) is 12.4 Å². The topological polar surface area (TPSA) is 34.5 Å². The molecule has 1 aliphatic rings. The summed E-state index contributed by atoms with van der Waals surface area (Å²) in [6.07, 6.45) is 3.58. The highest BCUT2D eigenvalue weighted by atomic mass is 16.5. The van der Waals surface area contributed by atoms with E-state index in [2.05, 4.69) is 23.8 Å². The quantitative estimate of drug-likeness (QED) is 0.678. The van der Waals surface area contributed by atoms with Gasteiger partial charge in [0.05, 0.1) is 11.1 Å². The van der Waals surface area contributed by atoms with Crippen LogP contribution in [0.1, 0.15) is 25.0 Å². The molecule has 0 aliphatic carbocycles. The summed E-state index contributed by atoms with van der Waals surface area (Å²) in [6.45, 7) is 6.81. The molecule has 2 heterocycles. The summed E-state index contributed by atoms with van der Waals surface area (Å²) in [7, 11) is 0. The Bertz CT molecular complexity index is 383. The minimum Gasteiger partial charge on any atom is -0.475 e. The lowest BCUT2D eigenvalue weighted by Crippen LogP contribution is -2.17. The van der Waals surface area contributed by atoms with Crippen molar-refractivity contribution >= 4 is 5.90 Å². The van der Waals surface area contributed by atoms with Gasteiger partial charge >= 0.3 is 0 Å². The fraction of sp³-hybridized carbons (Fsp3) is 0.455. The van der Waals surface area contributed by atoms with Crippen molar-refractivity contribution in [3.63, 3.8) is 0 Å². The molecule has 0 aromatic carbocycles. The zero-order chi connectivity index (χ0) is 10.2. The normalized spacial score (nSPS) is 18.9. The fourth-order valence-electron chi connectivity index (χ4n) is 1.41. The Labute approximate surface area is 83.8 Å². The lowest BCUT2D eigenvalue weighted by atomic mass is 10.1. The lowest BCUT2D eigenvalue weighted by Gasteiger charge is -2.07. The van der Waals surface area contributed by atoms with Crippen LogP contribution in [0.15, 0.2) is 23.5 Å². The van der Waals surface area contributed by atoms with Crippen LogP contribution in [0.5, 0.6) is 0 Å². The molecule has 3 nitrogen and oxygen atoms in total. The number of rotatable bonds is 1. The van der Waals surface area contributed by atoms with Gasteiger partial charge in [-0.1, -0.05) is 0 Å². The average Bonchev–Trinajstić information content (AvgIpc) is 2.47. The predicted molar refractivity (Wildman–Crippen MR) is 55.5 cm³/mol. The Balaban J connectivity index is 2.38. The number of pyridine rings is 1. The van der Waals surface area contributed by atoms with Crippen molar-refractivity contribution in [3.05, 3.63) is 29.6 Å². The van der Waals surface area contributed by atoms with Crippen LogP contribution in [0.4, 0.5) is 0 Å². The number of aliphatic imine (C=N–C) groups is 1. The SMILES string of the molecule is Cc1ccncc1C1=NC(C)(C)CO1. The number of ether oxygens (including phenoxy) is 1. The van der Waals surface area contributed by atoms with Crippen molar-refractivity contribution in [2.75, 3.05) is 6.61 Å². The first-order valence-corrected chi connectivity index (χ1v) is 4.72. The van der Waals surface area contributed by atoms with Crippen LogP contribution in [0.25, 0.3) is 0 Å². The molecule has 0 bridgehead atoms. The molecular weight excluding hydrogens is 176 g/mol. The second kappa shape index (κ2) is 3.08. The summed E-state index contributed by atoms with van der Waals surface area (Å²) in [6, 6.07) is 1.96. The van der Waals surface area contributed by atoms with Gasteiger partial charge in [0.25, 0.3) is 0 Å². The van der Waals surface area contributed by atoms with E-state index in [1.165, 1.54) is 0 Å². The van der Waals surface area contributed by atoms with E-state index in [9.17, 15) is 0 Å². The third-order valence-electron chi connectivity index (χ3n) is 2.24. The van der Waals surface area contributed by atoms with Crippen LogP contribution in [-0.4, -0.2) is 23.0 Å². The van der Waals surface area contributed by atoms with Gasteiger partial charge in [0, 0.05) is 12.4 Å². The van der Waals surface area contributed by atoms with E-state index in [-0.39, 0.29) is 5.54 Å². The van der Waals surface area contributed by atoms with E-state index in [4.69, 9.17) is 4.74 Å². The summed E-state index contributed by atoms with van der Waals surface area (Å²) >= 11 is 0. The van der Waals surface area contributed by atoms with E-state index in [1.807, 2.05) is 13.0 Å². The number of aromatic nitrogens is 1. The molecule has 3 heteroatoms. The summed E-state index contributed by atoms with van der Waals surface area (Å²) in [5.74, 6) is 0.723. The Morgan fingerprint density at radius 3 is 2.79 bits per heavy atom. The maximum atomic E-state index is 5.55. The third kappa shape index (κ3) is 1.62. The zero-order valence-electron chi connectivity index (χ0n) is 8.74. The van der Waals surface area contributed by atoms with Crippen molar-refractivity contribution < 1.29 is 4.74 Å². The standard InChI is InChI=1S/C11H14N2O/c1-8-4-5-12-6-9(8)10-13-11(2,3)7-14-10/h4-6H,7H2,1-3H3. The van der Waals surface area contributed by atoms with Gasteiger partial charge in [-0.25, -0.2) is 4.99 Å². The molecule has 0 saturated heterocycles. The molecular formula is C11H14N2O. The fourth-order valence-corrected chi connectivity index (χ4v) is 1.41. The molecule has 0 atom stereocenters. The minimum absolute atomic E-state index is 0.0996. The largest absolute Gasteiger partial charge is 0.475 e. The zero-order valence-corrected chi connectivity index (χ0v) is 8.74. The first kappa shape index (κ1) is 9.19. The first-order chi connectivity index (χ1) is 6.58. The molecule has 0 radical (unpaired) electrons. The highest BCUT2D eigenvalue weighted by molar-refractivity contribution is 5.96. The van der Waals surface area contributed by atoms with Gasteiger partial charge in [0.15, 0.2) is 0 Å². The molecule has 0 N–H and O–H groups in total. The highest BCUT2D eigenvalue weighted by Gasteiger charge is 2.27. The minimum atomic E-state index is -0.0996. The molecule has 0 spiro atoms. The van der Waals surface area contributed by atoms with E-state index >= 15 is 0 Å². The van der Waals surface area contributed by atoms with Crippen LogP contribution >= 0.6 is 0 Å². The maximum absolute atomic E-state index is 5.55. The second-order valence-electron chi connectivity index (χ2n) is 4.21. The highest BCUT2D eigenvalue weighted by Crippen LogP contribution is 2.21. The summed E-state index contributed by atoms with van der Waals surface area (Å²) in [4.78, 5) is 8.58. The van der Waals surface area contributed by atoms with Crippen LogP contribution in [-0.2, 0) is 4.74 Å². The van der Waals surface area contributed by atoms with Crippen molar-refractivity contribution in [1.29, 1.82) is 0 Å². The van der Waals surface area contributed by atoms with Gasteiger partial charge in [-0.2, -0.15) is 0 Å². The average molecular weight is 190 g/mol. The molecule has 2 rings (SSSR count). The van der Waals surface area contributed by atoms with Crippen LogP contribution in [0.3, 0.4) is 0 Å². The first-order valence-electron chi connectivity index (χ1n) is 4.72. The molecule has 0 fully saturated rings. The Morgan fingerprint density at radius 1 is 1.43 bits per heavy atom. The molecule has 0 saturated carbocycles. The monoisotopic (exact) mass is 190 g/mol. The maximum Gasteiger partial charge on any atom is 0.218 e. The van der Waals surface area contributed by atoms with Crippen molar-refractivity contribution in [3.8, 4) is 0 Å². The number of aryl methyl sites for hydroxylation is 1. The molecule has 1 aromatic rings. The third-order valence-corrected chi connectivity index (χ3v) is 2.24. The molecule has 1 aromatic heterocycles. The summed E-state index contributed by atoms with van der Waals surface area (Å²) in [5.41, 5.74) is 2.05. The van der Waals surface area contributed by atoms with Gasteiger partial charge in [-0.3, -0.25) is 4.98 Å². The van der Waals surface area contributed by atoms with E-state index < -0.39 is 0 Å². The Morgan fingerprint density at radius 2 is 2.21 bits per heavy atom. The lowest BCUT2D eigenvalue weighted by molar-refractivity contribution is 0.279. The van der Waals surface area contributed by atoms with Gasteiger partial charge in [-0.05, 0) is 32.4 Å². The number of hydrogen-bond acceptors (Lipinski definition) is 3. The molecule has 74 valence electrons. The Kier molecular flexibility index (Phi) is 2.02. The van der Waals surface area contributed by atoms with E-state index in [0.29, 0.717) is 6.61 Å². The summed E-state index contributed by atoms with van der Waals surface area (Å²) in [5, 5.41) is 0. The van der Waals surface area contributed by atoms with Crippen LogP contribution < -0.4 is 0 Å². The van der Waals surface area contributed by atoms with Crippen molar-refractivity contribution in [2.24, 2.45) is 4.99 Å². The summed E-state index contributed by atoms with van der Waals surface area (Å²) < 4.78 is 5.55. The molecule has 0 unspecified atom stereocenters. The predicted octanol–water partition coefficient (Wildman–Crippen LogP) is 1.95. The number of nitrogens with zero attached hydrogens (tertiary/aromatic N) is 2. The van der Waals surface area contributed by atoms with Crippen molar-refractivity contribution in [2.45, 2.75) is 26.3 Å². The Hall–Kier alpha value is -1.38. The molecule has 14 heavy (non-hydrogen) atoms. The molecule has 1 aliphatic heterocycles. The number of hydrogen-bond donors (Lipinski definition) is 0. The van der Waals surface area contributed by atoms with Crippen molar-refractivity contribution in [1.82, 2.24) is 4.98 Å². The second-order valence-corrected chi connectivity index (χ2v) is 4.21. The molecule has 0 amide bonds.